The van der Waals surface area contributed by atoms with Gasteiger partial charge < -0.3 is 10.2 Å². The number of aromatic nitrogens is 5. The van der Waals surface area contributed by atoms with Gasteiger partial charge in [0.1, 0.15) is 5.69 Å². The molecule has 8 nitrogen and oxygen atoms in total. The van der Waals surface area contributed by atoms with Crippen LogP contribution >= 0.6 is 0 Å². The SMILES string of the molecule is Cc1ccc(-c2ncccn2)c(C(=O)N2CCCC(Nc3ncc(C(F)(F)F)cn3)C2)n1. The molecule has 11 heteroatoms. The molecule has 166 valence electrons. The van der Waals surface area contributed by atoms with Gasteiger partial charge in [0.15, 0.2) is 5.82 Å². The van der Waals surface area contributed by atoms with Crippen LogP contribution < -0.4 is 5.32 Å². The minimum atomic E-state index is -4.49. The van der Waals surface area contributed by atoms with Gasteiger partial charge in [0, 0.05) is 49.6 Å². The second kappa shape index (κ2) is 8.85. The number of carbonyl (C=O) groups is 1. The third kappa shape index (κ3) is 4.82. The van der Waals surface area contributed by atoms with Crippen LogP contribution in [0.25, 0.3) is 11.4 Å². The van der Waals surface area contributed by atoms with E-state index in [9.17, 15) is 18.0 Å². The van der Waals surface area contributed by atoms with Crippen LogP contribution in [0, 0.1) is 6.92 Å². The normalized spacial score (nSPS) is 16.6. The molecule has 0 spiro atoms. The molecule has 0 saturated carbocycles. The van der Waals surface area contributed by atoms with Crippen molar-refractivity contribution in [1.29, 1.82) is 0 Å². The summed E-state index contributed by atoms with van der Waals surface area (Å²) in [5.41, 5.74) is 0.590. The minimum absolute atomic E-state index is 0.0874. The van der Waals surface area contributed by atoms with Crippen molar-refractivity contribution >= 4 is 11.9 Å². The summed E-state index contributed by atoms with van der Waals surface area (Å²) in [5, 5.41) is 3.02. The highest BCUT2D eigenvalue weighted by Crippen LogP contribution is 2.28. The Morgan fingerprint density at radius 3 is 2.53 bits per heavy atom. The lowest BCUT2D eigenvalue weighted by Crippen LogP contribution is -2.45. The number of halogens is 3. The number of piperidine rings is 1. The van der Waals surface area contributed by atoms with Gasteiger partial charge in [-0.25, -0.2) is 24.9 Å². The molecule has 3 aromatic rings. The fourth-order valence-corrected chi connectivity index (χ4v) is 3.50. The number of pyridine rings is 1. The number of nitrogens with one attached hydrogen (secondary N) is 1. The first-order chi connectivity index (χ1) is 15.3. The van der Waals surface area contributed by atoms with Gasteiger partial charge in [-0.2, -0.15) is 13.2 Å². The average Bonchev–Trinajstić information content (AvgIpc) is 2.79. The molecule has 0 aromatic carbocycles. The van der Waals surface area contributed by atoms with Crippen molar-refractivity contribution < 1.29 is 18.0 Å². The number of hydrogen-bond donors (Lipinski definition) is 1. The van der Waals surface area contributed by atoms with Gasteiger partial charge in [-0.3, -0.25) is 4.79 Å². The van der Waals surface area contributed by atoms with Crippen LogP contribution in [0.1, 0.15) is 34.6 Å². The molecule has 1 unspecified atom stereocenters. The van der Waals surface area contributed by atoms with E-state index in [1.807, 2.05) is 0 Å². The molecule has 0 radical (unpaired) electrons. The fraction of sp³-hybridized carbons (Fsp3) is 0.333. The zero-order chi connectivity index (χ0) is 22.7. The lowest BCUT2D eigenvalue weighted by molar-refractivity contribution is -0.138. The number of aryl methyl sites for hydroxylation is 1. The Hall–Kier alpha value is -3.63. The van der Waals surface area contributed by atoms with E-state index in [0.29, 0.717) is 36.6 Å². The van der Waals surface area contributed by atoms with E-state index in [0.717, 1.165) is 18.8 Å². The van der Waals surface area contributed by atoms with Gasteiger partial charge in [0.2, 0.25) is 5.95 Å². The van der Waals surface area contributed by atoms with Crippen molar-refractivity contribution in [2.75, 3.05) is 18.4 Å². The molecule has 4 heterocycles. The lowest BCUT2D eigenvalue weighted by Gasteiger charge is -2.33. The molecule has 1 amide bonds. The van der Waals surface area contributed by atoms with Crippen LogP contribution in [-0.2, 0) is 6.18 Å². The van der Waals surface area contributed by atoms with E-state index in [1.54, 1.807) is 42.4 Å². The Morgan fingerprint density at radius 1 is 1.12 bits per heavy atom. The molecule has 1 saturated heterocycles. The maximum absolute atomic E-state index is 13.3. The highest BCUT2D eigenvalue weighted by molar-refractivity contribution is 5.98. The maximum Gasteiger partial charge on any atom is 0.419 e. The average molecular weight is 443 g/mol. The second-order valence-corrected chi connectivity index (χ2v) is 7.45. The molecular formula is C21H20F3N7O. The Morgan fingerprint density at radius 2 is 1.84 bits per heavy atom. The van der Waals surface area contributed by atoms with Crippen LogP contribution in [0.3, 0.4) is 0 Å². The molecule has 0 aliphatic carbocycles. The van der Waals surface area contributed by atoms with Gasteiger partial charge >= 0.3 is 6.18 Å². The molecule has 0 bridgehead atoms. The van der Waals surface area contributed by atoms with Gasteiger partial charge in [0.05, 0.1) is 11.1 Å². The molecule has 1 aliphatic rings. The Labute approximate surface area is 182 Å². The summed E-state index contributed by atoms with van der Waals surface area (Å²) in [6.07, 6.45) is 1.63. The molecule has 32 heavy (non-hydrogen) atoms. The van der Waals surface area contributed by atoms with Gasteiger partial charge in [-0.1, -0.05) is 0 Å². The Bertz CT molecular complexity index is 1090. The van der Waals surface area contributed by atoms with E-state index in [-0.39, 0.29) is 23.6 Å². The van der Waals surface area contributed by atoms with Crippen LogP contribution in [0.2, 0.25) is 0 Å². The summed E-state index contributed by atoms with van der Waals surface area (Å²) in [4.78, 5) is 35.4. The summed E-state index contributed by atoms with van der Waals surface area (Å²) in [6.45, 7) is 2.68. The van der Waals surface area contributed by atoms with Gasteiger partial charge in [0.25, 0.3) is 5.91 Å². The number of amides is 1. The van der Waals surface area contributed by atoms with Crippen LogP contribution in [0.4, 0.5) is 19.1 Å². The fourth-order valence-electron chi connectivity index (χ4n) is 3.50. The van der Waals surface area contributed by atoms with Crippen molar-refractivity contribution in [3.8, 4) is 11.4 Å². The summed E-state index contributed by atoms with van der Waals surface area (Å²) in [6, 6.07) is 5.06. The van der Waals surface area contributed by atoms with Crippen LogP contribution in [0.15, 0.2) is 43.0 Å². The number of likely N-dealkylation sites (tertiary alicyclic amines) is 1. The molecule has 3 aromatic heterocycles. The second-order valence-electron chi connectivity index (χ2n) is 7.45. The standard InChI is InChI=1S/C21H20F3N7O/c1-13-5-6-16(18-25-7-3-8-26-18)17(29-13)19(32)31-9-2-4-15(12-31)30-20-27-10-14(11-28-20)21(22,23)24/h3,5-8,10-11,15H,2,4,9,12H2,1H3,(H,27,28,30). The predicted octanol–water partition coefficient (Wildman–Crippen LogP) is 3.37. The molecular weight excluding hydrogens is 423 g/mol. The van der Waals surface area contributed by atoms with Gasteiger partial charge in [-0.15, -0.1) is 0 Å². The quantitative estimate of drug-likeness (QED) is 0.660. The summed E-state index contributed by atoms with van der Waals surface area (Å²) < 4.78 is 38.1. The Kier molecular flexibility index (Phi) is 5.97. The molecule has 1 fully saturated rings. The first-order valence-corrected chi connectivity index (χ1v) is 10.0. The van der Waals surface area contributed by atoms with E-state index < -0.39 is 11.7 Å². The van der Waals surface area contributed by atoms with E-state index in [4.69, 9.17) is 0 Å². The van der Waals surface area contributed by atoms with Crippen LogP contribution in [0.5, 0.6) is 0 Å². The Balaban J connectivity index is 1.50. The zero-order valence-electron chi connectivity index (χ0n) is 17.2. The predicted molar refractivity (Wildman–Crippen MR) is 110 cm³/mol. The maximum atomic E-state index is 13.3. The van der Waals surface area contributed by atoms with Crippen molar-refractivity contribution in [2.45, 2.75) is 32.0 Å². The number of hydrogen-bond acceptors (Lipinski definition) is 7. The van der Waals surface area contributed by atoms with Gasteiger partial charge in [-0.05, 0) is 38.0 Å². The van der Waals surface area contributed by atoms with Crippen molar-refractivity contribution in [2.24, 2.45) is 0 Å². The first-order valence-electron chi connectivity index (χ1n) is 10.0. The zero-order valence-corrected chi connectivity index (χ0v) is 17.2. The summed E-state index contributed by atoms with van der Waals surface area (Å²) >= 11 is 0. The number of alkyl halides is 3. The molecule has 1 aliphatic heterocycles. The molecule has 1 atom stereocenters. The summed E-state index contributed by atoms with van der Waals surface area (Å²) in [5.74, 6) is 0.244. The third-order valence-electron chi connectivity index (χ3n) is 5.06. The smallest absolute Gasteiger partial charge is 0.350 e. The van der Waals surface area contributed by atoms with E-state index in [1.165, 1.54) is 0 Å². The summed E-state index contributed by atoms with van der Waals surface area (Å²) in [7, 11) is 0. The third-order valence-corrected chi connectivity index (χ3v) is 5.06. The largest absolute Gasteiger partial charge is 0.419 e. The van der Waals surface area contributed by atoms with E-state index >= 15 is 0 Å². The number of rotatable bonds is 4. The van der Waals surface area contributed by atoms with Crippen LogP contribution in [-0.4, -0.2) is 54.9 Å². The van der Waals surface area contributed by atoms with E-state index in [2.05, 4.69) is 30.2 Å². The topological polar surface area (TPSA) is 96.8 Å². The molecule has 1 N–H and O–H groups in total. The highest BCUT2D eigenvalue weighted by Gasteiger charge is 2.32. The van der Waals surface area contributed by atoms with Crippen molar-refractivity contribution in [1.82, 2.24) is 29.8 Å². The van der Waals surface area contributed by atoms with Crippen molar-refractivity contribution in [3.05, 3.63) is 59.9 Å². The number of anilines is 1. The van der Waals surface area contributed by atoms with Crippen molar-refractivity contribution in [3.63, 3.8) is 0 Å². The monoisotopic (exact) mass is 443 g/mol. The first kappa shape index (κ1) is 21.6. The number of carbonyl (C=O) groups excluding carboxylic acids is 1. The molecule has 4 rings (SSSR count). The number of nitrogens with zero attached hydrogens (tertiary/aromatic N) is 6. The lowest BCUT2D eigenvalue weighted by atomic mass is 10.0. The minimum Gasteiger partial charge on any atom is -0.350 e. The highest BCUT2D eigenvalue weighted by atomic mass is 19.4.